The molecule has 1 saturated heterocycles. The van der Waals surface area contributed by atoms with Gasteiger partial charge in [0.15, 0.2) is 5.75 Å². The highest BCUT2D eigenvalue weighted by Crippen LogP contribution is 2.41. The van der Waals surface area contributed by atoms with E-state index < -0.39 is 11.4 Å². The monoisotopic (exact) mass is 383 g/mol. The van der Waals surface area contributed by atoms with Gasteiger partial charge < -0.3 is 24.6 Å². The second-order valence-electron chi connectivity index (χ2n) is 8.34. The van der Waals surface area contributed by atoms with Gasteiger partial charge >= 0.3 is 5.97 Å². The number of carboxylic acids is 1. The predicted molar refractivity (Wildman–Crippen MR) is 107 cm³/mol. The highest BCUT2D eigenvalue weighted by atomic mass is 16.5. The zero-order valence-electron chi connectivity index (χ0n) is 16.0. The van der Waals surface area contributed by atoms with Crippen LogP contribution in [0.15, 0.2) is 23.1 Å². The summed E-state index contributed by atoms with van der Waals surface area (Å²) in [6, 6.07) is 4.37. The van der Waals surface area contributed by atoms with Crippen LogP contribution in [0.25, 0.3) is 10.9 Å². The number of aromatic nitrogens is 1. The number of benzene rings is 1. The standard InChI is InChI=1S/C21H25N3O4/c1-12-11-28-20-17(23-7-6-13(9-23)8-22-14-2-3-14)5-4-15-18(20)24(12)10-16(19(15)25)21(26)27/h4-5,10,12-14,22H,2-3,6-9,11H2,1H3,(H,26,27)/t12-,13-/m0/s1. The smallest absolute Gasteiger partial charge is 0.341 e. The lowest BCUT2D eigenvalue weighted by molar-refractivity contribution is 0.0694. The quantitative estimate of drug-likeness (QED) is 0.824. The van der Waals surface area contributed by atoms with E-state index in [-0.39, 0.29) is 11.6 Å². The van der Waals surface area contributed by atoms with Crippen molar-refractivity contribution < 1.29 is 14.6 Å². The lowest BCUT2D eigenvalue weighted by atomic mass is 10.1. The van der Waals surface area contributed by atoms with Gasteiger partial charge in [-0.15, -0.1) is 0 Å². The number of ether oxygens (including phenoxy) is 1. The van der Waals surface area contributed by atoms with Crippen molar-refractivity contribution in [3.63, 3.8) is 0 Å². The van der Waals surface area contributed by atoms with Gasteiger partial charge in [-0.3, -0.25) is 4.79 Å². The summed E-state index contributed by atoms with van der Waals surface area (Å²) in [5.41, 5.74) is 1.08. The molecular weight excluding hydrogens is 358 g/mol. The largest absolute Gasteiger partial charge is 0.487 e. The van der Waals surface area contributed by atoms with Gasteiger partial charge in [-0.2, -0.15) is 0 Å². The second-order valence-corrected chi connectivity index (χ2v) is 8.34. The topological polar surface area (TPSA) is 83.8 Å². The molecular formula is C21H25N3O4. The van der Waals surface area contributed by atoms with E-state index in [0.717, 1.165) is 37.8 Å². The molecule has 2 N–H and O–H groups in total. The number of nitrogens with one attached hydrogen (secondary N) is 1. The van der Waals surface area contributed by atoms with Crippen molar-refractivity contribution >= 4 is 22.6 Å². The number of hydrogen-bond donors (Lipinski definition) is 2. The van der Waals surface area contributed by atoms with Crippen LogP contribution < -0.4 is 20.4 Å². The molecule has 3 heterocycles. The van der Waals surface area contributed by atoms with Gasteiger partial charge in [-0.05, 0) is 50.8 Å². The van der Waals surface area contributed by atoms with Crippen molar-refractivity contribution in [2.75, 3.05) is 31.1 Å². The van der Waals surface area contributed by atoms with E-state index in [2.05, 4.69) is 10.2 Å². The fourth-order valence-electron chi connectivity index (χ4n) is 4.42. The molecule has 28 heavy (non-hydrogen) atoms. The van der Waals surface area contributed by atoms with Gasteiger partial charge in [0.1, 0.15) is 12.2 Å². The highest BCUT2D eigenvalue weighted by Gasteiger charge is 2.31. The molecule has 1 aromatic carbocycles. The zero-order chi connectivity index (χ0) is 19.4. The minimum absolute atomic E-state index is 0.0296. The first-order valence-corrected chi connectivity index (χ1v) is 10.1. The van der Waals surface area contributed by atoms with E-state index in [0.29, 0.717) is 29.2 Å². The molecule has 2 fully saturated rings. The Morgan fingerprint density at radius 2 is 2.14 bits per heavy atom. The van der Waals surface area contributed by atoms with Crippen LogP contribution in [0, 0.1) is 5.92 Å². The number of hydrogen-bond acceptors (Lipinski definition) is 5. The molecule has 3 aliphatic rings. The molecule has 2 aliphatic heterocycles. The Labute approximate surface area is 162 Å². The molecule has 2 aromatic rings. The average molecular weight is 383 g/mol. The molecule has 1 aromatic heterocycles. The first-order valence-electron chi connectivity index (χ1n) is 10.1. The molecule has 5 rings (SSSR count). The van der Waals surface area contributed by atoms with Gasteiger partial charge in [0.05, 0.1) is 22.6 Å². The maximum atomic E-state index is 12.7. The summed E-state index contributed by atoms with van der Waals surface area (Å²) < 4.78 is 7.98. The van der Waals surface area contributed by atoms with Crippen molar-refractivity contribution in [1.82, 2.24) is 9.88 Å². The van der Waals surface area contributed by atoms with E-state index in [4.69, 9.17) is 4.74 Å². The highest BCUT2D eigenvalue weighted by molar-refractivity contribution is 5.97. The Kier molecular flexibility index (Phi) is 4.08. The molecule has 0 radical (unpaired) electrons. The third kappa shape index (κ3) is 2.85. The fraction of sp³-hybridized carbons (Fsp3) is 0.524. The van der Waals surface area contributed by atoms with Crippen LogP contribution in [0.5, 0.6) is 5.75 Å². The average Bonchev–Trinajstić information content (AvgIpc) is 3.40. The number of rotatable bonds is 5. The Hall–Kier alpha value is -2.54. The molecule has 1 aliphatic carbocycles. The molecule has 0 bridgehead atoms. The van der Waals surface area contributed by atoms with E-state index >= 15 is 0 Å². The van der Waals surface area contributed by atoms with Crippen LogP contribution in [-0.4, -0.2) is 47.9 Å². The number of pyridine rings is 1. The first kappa shape index (κ1) is 17.6. The van der Waals surface area contributed by atoms with E-state index in [1.54, 1.807) is 6.07 Å². The maximum Gasteiger partial charge on any atom is 0.341 e. The van der Waals surface area contributed by atoms with Crippen molar-refractivity contribution in [2.45, 2.75) is 38.3 Å². The number of nitrogens with zero attached hydrogens (tertiary/aromatic N) is 2. The minimum Gasteiger partial charge on any atom is -0.487 e. The number of anilines is 1. The zero-order valence-corrected chi connectivity index (χ0v) is 16.0. The van der Waals surface area contributed by atoms with Crippen LogP contribution >= 0.6 is 0 Å². The maximum absolute atomic E-state index is 12.7. The van der Waals surface area contributed by atoms with Crippen LogP contribution in [0.4, 0.5) is 5.69 Å². The summed E-state index contributed by atoms with van der Waals surface area (Å²) in [5.74, 6) is 0.133. The summed E-state index contributed by atoms with van der Waals surface area (Å²) in [6.45, 7) is 5.41. The Morgan fingerprint density at radius 3 is 2.89 bits per heavy atom. The van der Waals surface area contributed by atoms with Crippen LogP contribution in [0.1, 0.15) is 42.6 Å². The Bertz CT molecular complexity index is 1010. The predicted octanol–water partition coefficient (Wildman–Crippen LogP) is 2.23. The lowest BCUT2D eigenvalue weighted by Crippen LogP contribution is -2.30. The Morgan fingerprint density at radius 1 is 1.32 bits per heavy atom. The van der Waals surface area contributed by atoms with Crippen molar-refractivity contribution in [3.05, 3.63) is 34.1 Å². The summed E-state index contributed by atoms with van der Waals surface area (Å²) in [5, 5.41) is 13.4. The van der Waals surface area contributed by atoms with E-state index in [1.165, 1.54) is 19.0 Å². The molecule has 0 spiro atoms. The van der Waals surface area contributed by atoms with Gasteiger partial charge in [-0.1, -0.05) is 0 Å². The van der Waals surface area contributed by atoms with Crippen molar-refractivity contribution in [3.8, 4) is 5.75 Å². The minimum atomic E-state index is -1.19. The summed E-state index contributed by atoms with van der Waals surface area (Å²) in [4.78, 5) is 26.5. The number of carbonyl (C=O) groups is 1. The van der Waals surface area contributed by atoms with Crippen molar-refractivity contribution in [2.24, 2.45) is 5.92 Å². The summed E-state index contributed by atoms with van der Waals surface area (Å²) in [6.07, 6.45) is 5.21. The lowest BCUT2D eigenvalue weighted by Gasteiger charge is -2.31. The third-order valence-corrected chi connectivity index (χ3v) is 6.20. The normalized spacial score (nSPS) is 23.8. The molecule has 7 nitrogen and oxygen atoms in total. The van der Waals surface area contributed by atoms with Crippen LogP contribution in [0.2, 0.25) is 0 Å². The van der Waals surface area contributed by atoms with Gasteiger partial charge in [-0.25, -0.2) is 4.79 Å². The molecule has 0 unspecified atom stereocenters. The van der Waals surface area contributed by atoms with Crippen molar-refractivity contribution in [1.29, 1.82) is 0 Å². The molecule has 7 heteroatoms. The first-order chi connectivity index (χ1) is 13.5. The van der Waals surface area contributed by atoms with Gasteiger partial charge in [0.25, 0.3) is 0 Å². The molecule has 148 valence electrons. The van der Waals surface area contributed by atoms with Crippen LogP contribution in [0.3, 0.4) is 0 Å². The SMILES string of the molecule is C[C@H]1COc2c(N3CC[C@@H](CNC4CC4)C3)ccc3c(=O)c(C(=O)O)cn1c23. The fourth-order valence-corrected chi connectivity index (χ4v) is 4.42. The number of carboxylic acid groups (broad SMARTS) is 1. The second kappa shape index (κ2) is 6.51. The third-order valence-electron chi connectivity index (χ3n) is 6.20. The summed E-state index contributed by atoms with van der Waals surface area (Å²) >= 11 is 0. The van der Waals surface area contributed by atoms with Gasteiger partial charge in [0, 0.05) is 25.3 Å². The van der Waals surface area contributed by atoms with E-state index in [9.17, 15) is 14.7 Å². The van der Waals surface area contributed by atoms with E-state index in [1.807, 2.05) is 17.6 Å². The molecule has 2 atom stereocenters. The number of aromatic carboxylic acids is 1. The van der Waals surface area contributed by atoms with Gasteiger partial charge in [0.2, 0.25) is 5.43 Å². The molecule has 0 amide bonds. The summed E-state index contributed by atoms with van der Waals surface area (Å²) in [7, 11) is 0. The van der Waals surface area contributed by atoms with Crippen LogP contribution in [-0.2, 0) is 0 Å². The Balaban J connectivity index is 1.54. The molecule has 1 saturated carbocycles.